The van der Waals surface area contributed by atoms with Crippen molar-refractivity contribution in [2.75, 3.05) is 5.43 Å². The van der Waals surface area contributed by atoms with Gasteiger partial charge in [0.25, 0.3) is 5.56 Å². The van der Waals surface area contributed by atoms with Gasteiger partial charge in [-0.05, 0) is 31.2 Å². The zero-order valence-corrected chi connectivity index (χ0v) is 13.0. The average Bonchev–Trinajstić information content (AvgIpc) is 2.80. The molecule has 1 aromatic carbocycles. The number of hydrogen-bond donors (Lipinski definition) is 1. The summed E-state index contributed by atoms with van der Waals surface area (Å²) in [5.41, 5.74) is 4.91. The standard InChI is InChI=1S/C17H17N5O/c1-13-15(12-19-20-16-10-6-7-11-18-16)17(23)22(21(13)2)14-8-4-3-5-9-14/h3-12H,1-2H3,(H,18,20)/b19-12+. The Morgan fingerprint density at radius 1 is 1.13 bits per heavy atom. The van der Waals surface area contributed by atoms with Crippen molar-refractivity contribution in [1.29, 1.82) is 0 Å². The van der Waals surface area contributed by atoms with Crippen LogP contribution in [0.2, 0.25) is 0 Å². The Kier molecular flexibility index (Phi) is 4.05. The summed E-state index contributed by atoms with van der Waals surface area (Å²) >= 11 is 0. The minimum absolute atomic E-state index is 0.109. The van der Waals surface area contributed by atoms with Crippen LogP contribution < -0.4 is 11.0 Å². The molecule has 0 fully saturated rings. The summed E-state index contributed by atoms with van der Waals surface area (Å²) < 4.78 is 3.44. The number of nitrogens with zero attached hydrogens (tertiary/aromatic N) is 4. The van der Waals surface area contributed by atoms with Gasteiger partial charge in [-0.25, -0.2) is 9.67 Å². The molecule has 0 aliphatic heterocycles. The maximum Gasteiger partial charge on any atom is 0.280 e. The molecule has 6 heteroatoms. The molecule has 0 aliphatic carbocycles. The van der Waals surface area contributed by atoms with Crippen molar-refractivity contribution >= 4 is 12.0 Å². The Morgan fingerprint density at radius 2 is 1.87 bits per heavy atom. The molecule has 3 aromatic rings. The first-order chi connectivity index (χ1) is 11.2. The number of anilines is 1. The lowest BCUT2D eigenvalue weighted by atomic mass is 10.3. The zero-order valence-electron chi connectivity index (χ0n) is 13.0. The molecule has 0 atom stereocenters. The van der Waals surface area contributed by atoms with E-state index in [0.29, 0.717) is 11.4 Å². The first-order valence-electron chi connectivity index (χ1n) is 7.22. The number of aromatic nitrogens is 3. The van der Waals surface area contributed by atoms with Gasteiger partial charge in [-0.15, -0.1) is 0 Å². The first kappa shape index (κ1) is 14.8. The van der Waals surface area contributed by atoms with Gasteiger partial charge in [-0.1, -0.05) is 24.3 Å². The molecule has 6 nitrogen and oxygen atoms in total. The maximum absolute atomic E-state index is 12.7. The fraction of sp³-hybridized carbons (Fsp3) is 0.118. The van der Waals surface area contributed by atoms with Crippen molar-refractivity contribution < 1.29 is 0 Å². The molecule has 0 amide bonds. The molecule has 0 unspecified atom stereocenters. The summed E-state index contributed by atoms with van der Waals surface area (Å²) in [5, 5.41) is 4.12. The highest BCUT2D eigenvalue weighted by molar-refractivity contribution is 5.81. The predicted octanol–water partition coefficient (Wildman–Crippen LogP) is 2.33. The van der Waals surface area contributed by atoms with Crippen molar-refractivity contribution in [2.45, 2.75) is 6.92 Å². The third-order valence-electron chi connectivity index (χ3n) is 3.64. The molecule has 3 rings (SSSR count). The van der Waals surface area contributed by atoms with Crippen molar-refractivity contribution in [3.05, 3.63) is 76.3 Å². The Hall–Kier alpha value is -3.15. The second-order valence-corrected chi connectivity index (χ2v) is 5.06. The number of benzene rings is 1. The number of hydrazone groups is 1. The number of rotatable bonds is 4. The highest BCUT2D eigenvalue weighted by Crippen LogP contribution is 2.09. The van der Waals surface area contributed by atoms with Crippen LogP contribution in [0.1, 0.15) is 11.3 Å². The van der Waals surface area contributed by atoms with E-state index in [2.05, 4.69) is 15.5 Å². The summed E-state index contributed by atoms with van der Waals surface area (Å²) in [6.07, 6.45) is 3.21. The van der Waals surface area contributed by atoms with E-state index in [-0.39, 0.29) is 5.56 Å². The van der Waals surface area contributed by atoms with Gasteiger partial charge in [0.05, 0.1) is 17.5 Å². The van der Waals surface area contributed by atoms with Gasteiger partial charge in [-0.2, -0.15) is 5.10 Å². The topological polar surface area (TPSA) is 64.2 Å². The molecule has 0 bridgehead atoms. The minimum atomic E-state index is -0.109. The SMILES string of the molecule is Cc1c(/C=N/Nc2ccccn2)c(=O)n(-c2ccccc2)n1C. The Labute approximate surface area is 133 Å². The van der Waals surface area contributed by atoms with E-state index < -0.39 is 0 Å². The molecule has 116 valence electrons. The Bertz CT molecular complexity index is 879. The van der Waals surface area contributed by atoms with Crippen molar-refractivity contribution in [3.63, 3.8) is 0 Å². The van der Waals surface area contributed by atoms with E-state index in [1.54, 1.807) is 16.9 Å². The first-order valence-corrected chi connectivity index (χ1v) is 7.22. The predicted molar refractivity (Wildman–Crippen MR) is 91.2 cm³/mol. The van der Waals surface area contributed by atoms with Crippen LogP contribution in [0.5, 0.6) is 0 Å². The van der Waals surface area contributed by atoms with E-state index in [9.17, 15) is 4.79 Å². The molecule has 0 saturated carbocycles. The van der Waals surface area contributed by atoms with E-state index in [4.69, 9.17) is 0 Å². The van der Waals surface area contributed by atoms with Gasteiger partial charge in [0, 0.05) is 18.9 Å². The summed E-state index contributed by atoms with van der Waals surface area (Å²) in [6, 6.07) is 15.0. The molecule has 2 heterocycles. The second kappa shape index (κ2) is 6.31. The van der Waals surface area contributed by atoms with Crippen LogP contribution in [0.15, 0.2) is 64.6 Å². The van der Waals surface area contributed by atoms with Gasteiger partial charge in [0.15, 0.2) is 0 Å². The molecule has 2 aromatic heterocycles. The molecule has 0 spiro atoms. The smallest absolute Gasteiger partial charge is 0.280 e. The number of nitrogens with one attached hydrogen (secondary N) is 1. The molecular weight excluding hydrogens is 290 g/mol. The highest BCUT2D eigenvalue weighted by Gasteiger charge is 2.14. The number of para-hydroxylation sites is 1. The van der Waals surface area contributed by atoms with Crippen molar-refractivity contribution in [3.8, 4) is 5.69 Å². The lowest BCUT2D eigenvalue weighted by Crippen LogP contribution is -2.20. The van der Waals surface area contributed by atoms with Crippen LogP contribution in [0.3, 0.4) is 0 Å². The monoisotopic (exact) mass is 307 g/mol. The molecule has 0 radical (unpaired) electrons. The second-order valence-electron chi connectivity index (χ2n) is 5.06. The van der Waals surface area contributed by atoms with Crippen LogP contribution in [-0.4, -0.2) is 20.6 Å². The summed E-state index contributed by atoms with van der Waals surface area (Å²) in [7, 11) is 1.85. The van der Waals surface area contributed by atoms with E-state index in [1.807, 2.05) is 61.1 Å². The molecule has 1 N–H and O–H groups in total. The molecule has 0 saturated heterocycles. The largest absolute Gasteiger partial charge is 0.285 e. The number of hydrogen-bond acceptors (Lipinski definition) is 4. The lowest BCUT2D eigenvalue weighted by molar-refractivity contribution is 0.630. The summed E-state index contributed by atoms with van der Waals surface area (Å²) in [5.74, 6) is 0.626. The average molecular weight is 307 g/mol. The minimum Gasteiger partial charge on any atom is -0.285 e. The third kappa shape index (κ3) is 2.91. The van der Waals surface area contributed by atoms with Gasteiger partial charge >= 0.3 is 0 Å². The number of pyridine rings is 1. The fourth-order valence-corrected chi connectivity index (χ4v) is 2.33. The van der Waals surface area contributed by atoms with Gasteiger partial charge in [0.1, 0.15) is 5.82 Å². The molecule has 0 aliphatic rings. The lowest BCUT2D eigenvalue weighted by Gasteiger charge is -2.07. The van der Waals surface area contributed by atoms with Crippen LogP contribution in [0, 0.1) is 6.92 Å². The van der Waals surface area contributed by atoms with Crippen molar-refractivity contribution in [1.82, 2.24) is 14.3 Å². The summed E-state index contributed by atoms with van der Waals surface area (Å²) in [4.78, 5) is 16.8. The maximum atomic E-state index is 12.7. The quantitative estimate of drug-likeness (QED) is 0.594. The van der Waals surface area contributed by atoms with Gasteiger partial charge < -0.3 is 0 Å². The van der Waals surface area contributed by atoms with E-state index >= 15 is 0 Å². The zero-order chi connectivity index (χ0) is 16.2. The van der Waals surface area contributed by atoms with Crippen molar-refractivity contribution in [2.24, 2.45) is 12.1 Å². The third-order valence-corrected chi connectivity index (χ3v) is 3.64. The normalized spacial score (nSPS) is 11.0. The fourth-order valence-electron chi connectivity index (χ4n) is 2.33. The Morgan fingerprint density at radius 3 is 2.57 bits per heavy atom. The summed E-state index contributed by atoms with van der Waals surface area (Å²) in [6.45, 7) is 1.89. The Balaban J connectivity index is 1.94. The highest BCUT2D eigenvalue weighted by atomic mass is 16.1. The van der Waals surface area contributed by atoms with Crippen LogP contribution >= 0.6 is 0 Å². The molecule has 23 heavy (non-hydrogen) atoms. The van der Waals surface area contributed by atoms with E-state index in [1.165, 1.54) is 6.21 Å². The van der Waals surface area contributed by atoms with Crippen LogP contribution in [-0.2, 0) is 7.05 Å². The van der Waals surface area contributed by atoms with Gasteiger partial charge in [0.2, 0.25) is 0 Å². The molecular formula is C17H17N5O. The van der Waals surface area contributed by atoms with Crippen LogP contribution in [0.25, 0.3) is 5.69 Å². The van der Waals surface area contributed by atoms with E-state index in [0.717, 1.165) is 11.4 Å². The van der Waals surface area contributed by atoms with Crippen LogP contribution in [0.4, 0.5) is 5.82 Å². The van der Waals surface area contributed by atoms with Gasteiger partial charge in [-0.3, -0.25) is 14.9 Å².